The predicted molar refractivity (Wildman–Crippen MR) is 72.1 cm³/mol. The van der Waals surface area contributed by atoms with Crippen LogP contribution in [-0.2, 0) is 0 Å². The fourth-order valence-corrected chi connectivity index (χ4v) is 1.65. The Bertz CT molecular complexity index is 537. The number of benzene rings is 2. The standard InChI is InChI=1S/C15H15NO3/c1-11(12-7-9-13(17)10-8-12)16-15(18)19-14-5-3-2-4-6-14/h2-11,17H,1H3,(H,16,18). The molecule has 0 saturated carbocycles. The molecule has 2 aromatic carbocycles. The van der Waals surface area contributed by atoms with Gasteiger partial charge in [-0.3, -0.25) is 0 Å². The number of hydrogen-bond acceptors (Lipinski definition) is 3. The molecule has 98 valence electrons. The van der Waals surface area contributed by atoms with Crippen molar-refractivity contribution in [3.05, 3.63) is 60.2 Å². The lowest BCUT2D eigenvalue weighted by atomic mass is 10.1. The summed E-state index contributed by atoms with van der Waals surface area (Å²) in [5.74, 6) is 0.695. The van der Waals surface area contributed by atoms with Crippen LogP contribution in [0.25, 0.3) is 0 Å². The summed E-state index contributed by atoms with van der Waals surface area (Å²) in [7, 11) is 0. The first-order valence-corrected chi connectivity index (χ1v) is 5.97. The van der Waals surface area contributed by atoms with Crippen LogP contribution < -0.4 is 10.1 Å². The van der Waals surface area contributed by atoms with Gasteiger partial charge in [-0.2, -0.15) is 0 Å². The van der Waals surface area contributed by atoms with Crippen LogP contribution in [0.15, 0.2) is 54.6 Å². The monoisotopic (exact) mass is 257 g/mol. The molecule has 1 unspecified atom stereocenters. The molecule has 0 fully saturated rings. The number of ether oxygens (including phenoxy) is 1. The summed E-state index contributed by atoms with van der Waals surface area (Å²) in [4.78, 5) is 11.7. The molecule has 19 heavy (non-hydrogen) atoms. The number of aromatic hydroxyl groups is 1. The van der Waals surface area contributed by atoms with Gasteiger partial charge in [0.05, 0.1) is 6.04 Å². The summed E-state index contributed by atoms with van der Waals surface area (Å²) in [6.45, 7) is 1.85. The Morgan fingerprint density at radius 2 is 1.74 bits per heavy atom. The molecule has 0 aromatic heterocycles. The Morgan fingerprint density at radius 3 is 2.37 bits per heavy atom. The number of amides is 1. The molecule has 4 heteroatoms. The maximum absolute atomic E-state index is 11.7. The third kappa shape index (κ3) is 3.74. The SMILES string of the molecule is CC(NC(=O)Oc1ccccc1)c1ccc(O)cc1. The highest BCUT2D eigenvalue weighted by molar-refractivity contribution is 5.70. The molecule has 4 nitrogen and oxygen atoms in total. The molecule has 1 atom stereocenters. The van der Waals surface area contributed by atoms with E-state index in [1.807, 2.05) is 13.0 Å². The molecule has 2 rings (SSSR count). The molecule has 0 spiro atoms. The van der Waals surface area contributed by atoms with E-state index in [9.17, 15) is 9.90 Å². The Hall–Kier alpha value is -2.49. The van der Waals surface area contributed by atoms with Gasteiger partial charge >= 0.3 is 6.09 Å². The summed E-state index contributed by atoms with van der Waals surface area (Å²) >= 11 is 0. The Labute approximate surface area is 111 Å². The van der Waals surface area contributed by atoms with Gasteiger partial charge in [0.15, 0.2) is 0 Å². The normalized spacial score (nSPS) is 11.6. The summed E-state index contributed by atoms with van der Waals surface area (Å²) in [6, 6.07) is 15.3. The van der Waals surface area contributed by atoms with Gasteiger partial charge in [-0.15, -0.1) is 0 Å². The minimum atomic E-state index is -0.508. The molecule has 0 bridgehead atoms. The van der Waals surface area contributed by atoms with Crippen molar-refractivity contribution < 1.29 is 14.6 Å². The van der Waals surface area contributed by atoms with E-state index in [0.717, 1.165) is 5.56 Å². The molecular formula is C15H15NO3. The summed E-state index contributed by atoms with van der Waals surface area (Å²) in [6.07, 6.45) is -0.508. The van der Waals surface area contributed by atoms with Crippen LogP contribution >= 0.6 is 0 Å². The maximum Gasteiger partial charge on any atom is 0.413 e. The highest BCUT2D eigenvalue weighted by Gasteiger charge is 2.10. The van der Waals surface area contributed by atoms with Crippen molar-refractivity contribution in [1.82, 2.24) is 5.32 Å². The van der Waals surface area contributed by atoms with Crippen LogP contribution in [0, 0.1) is 0 Å². The lowest BCUT2D eigenvalue weighted by Crippen LogP contribution is -2.29. The van der Waals surface area contributed by atoms with Crippen LogP contribution in [0.4, 0.5) is 4.79 Å². The first-order chi connectivity index (χ1) is 9.15. The second-order valence-electron chi connectivity index (χ2n) is 4.16. The molecule has 2 aromatic rings. The minimum Gasteiger partial charge on any atom is -0.508 e. The van der Waals surface area contributed by atoms with Gasteiger partial charge in [0, 0.05) is 0 Å². The van der Waals surface area contributed by atoms with E-state index in [2.05, 4.69) is 5.32 Å². The molecule has 0 radical (unpaired) electrons. The van der Waals surface area contributed by atoms with Crippen molar-refractivity contribution in [3.63, 3.8) is 0 Å². The number of phenols is 1. The van der Waals surface area contributed by atoms with Gasteiger partial charge in [0.1, 0.15) is 11.5 Å². The molecule has 2 N–H and O–H groups in total. The van der Waals surface area contributed by atoms with Crippen molar-refractivity contribution in [1.29, 1.82) is 0 Å². The Balaban J connectivity index is 1.93. The highest BCUT2D eigenvalue weighted by atomic mass is 16.6. The molecule has 0 aliphatic carbocycles. The van der Waals surface area contributed by atoms with Crippen molar-refractivity contribution in [2.75, 3.05) is 0 Å². The molecule has 0 saturated heterocycles. The number of carbonyl (C=O) groups is 1. The van der Waals surface area contributed by atoms with Gasteiger partial charge in [-0.25, -0.2) is 4.79 Å². The van der Waals surface area contributed by atoms with Crippen molar-refractivity contribution in [2.24, 2.45) is 0 Å². The molecule has 0 aliphatic heterocycles. The van der Waals surface area contributed by atoms with Gasteiger partial charge in [-0.1, -0.05) is 30.3 Å². The zero-order valence-corrected chi connectivity index (χ0v) is 10.5. The lowest BCUT2D eigenvalue weighted by Gasteiger charge is -2.14. The van der Waals surface area contributed by atoms with Crippen molar-refractivity contribution >= 4 is 6.09 Å². The summed E-state index contributed by atoms with van der Waals surface area (Å²) in [5, 5.41) is 11.9. The first kappa shape index (κ1) is 13.0. The van der Waals surface area contributed by atoms with Crippen LogP contribution in [0.2, 0.25) is 0 Å². The largest absolute Gasteiger partial charge is 0.508 e. The van der Waals surface area contributed by atoms with E-state index in [0.29, 0.717) is 5.75 Å². The molecule has 0 aliphatic rings. The quantitative estimate of drug-likeness (QED) is 0.887. The Morgan fingerprint density at radius 1 is 1.11 bits per heavy atom. The number of carbonyl (C=O) groups excluding carboxylic acids is 1. The third-order valence-corrected chi connectivity index (χ3v) is 2.68. The summed E-state index contributed by atoms with van der Waals surface area (Å²) in [5.41, 5.74) is 0.891. The van der Waals surface area contributed by atoms with Crippen molar-refractivity contribution in [2.45, 2.75) is 13.0 Å². The van der Waals surface area contributed by atoms with E-state index in [1.165, 1.54) is 0 Å². The van der Waals surface area contributed by atoms with E-state index in [1.54, 1.807) is 48.5 Å². The summed E-state index contributed by atoms with van der Waals surface area (Å²) < 4.78 is 5.13. The van der Waals surface area contributed by atoms with Crippen LogP contribution in [0.3, 0.4) is 0 Å². The number of hydrogen-bond donors (Lipinski definition) is 2. The second-order valence-corrected chi connectivity index (χ2v) is 4.16. The zero-order chi connectivity index (χ0) is 13.7. The minimum absolute atomic E-state index is 0.197. The molecule has 1 amide bonds. The average molecular weight is 257 g/mol. The average Bonchev–Trinajstić information content (AvgIpc) is 2.40. The van der Waals surface area contributed by atoms with E-state index < -0.39 is 6.09 Å². The van der Waals surface area contributed by atoms with Crippen LogP contribution in [-0.4, -0.2) is 11.2 Å². The van der Waals surface area contributed by atoms with E-state index in [4.69, 9.17) is 4.74 Å². The smallest absolute Gasteiger partial charge is 0.413 e. The van der Waals surface area contributed by atoms with Crippen LogP contribution in [0.1, 0.15) is 18.5 Å². The number of para-hydroxylation sites is 1. The number of nitrogens with one attached hydrogen (secondary N) is 1. The van der Waals surface area contributed by atoms with Crippen molar-refractivity contribution in [3.8, 4) is 11.5 Å². The number of phenolic OH excluding ortho intramolecular Hbond substituents is 1. The highest BCUT2D eigenvalue weighted by Crippen LogP contribution is 2.17. The van der Waals surface area contributed by atoms with Gasteiger partial charge < -0.3 is 15.2 Å². The van der Waals surface area contributed by atoms with Crippen LogP contribution in [0.5, 0.6) is 11.5 Å². The molecular weight excluding hydrogens is 242 g/mol. The van der Waals surface area contributed by atoms with Gasteiger partial charge in [0.2, 0.25) is 0 Å². The maximum atomic E-state index is 11.7. The first-order valence-electron chi connectivity index (χ1n) is 5.97. The van der Waals surface area contributed by atoms with Gasteiger partial charge in [0.25, 0.3) is 0 Å². The fourth-order valence-electron chi connectivity index (χ4n) is 1.65. The zero-order valence-electron chi connectivity index (χ0n) is 10.5. The fraction of sp³-hybridized carbons (Fsp3) is 0.133. The Kier molecular flexibility index (Phi) is 4.03. The number of rotatable bonds is 3. The second kappa shape index (κ2) is 5.91. The molecule has 0 heterocycles. The van der Waals surface area contributed by atoms with E-state index >= 15 is 0 Å². The third-order valence-electron chi connectivity index (χ3n) is 2.68. The predicted octanol–water partition coefficient (Wildman–Crippen LogP) is 3.24. The van der Waals surface area contributed by atoms with E-state index in [-0.39, 0.29) is 11.8 Å². The topological polar surface area (TPSA) is 58.6 Å². The van der Waals surface area contributed by atoms with Gasteiger partial charge in [-0.05, 0) is 36.8 Å². The lowest BCUT2D eigenvalue weighted by molar-refractivity contribution is 0.197.